The Bertz CT molecular complexity index is 194. The van der Waals surface area contributed by atoms with Gasteiger partial charge in [-0.2, -0.15) is 0 Å². The molecule has 0 aliphatic carbocycles. The summed E-state index contributed by atoms with van der Waals surface area (Å²) in [4.78, 5) is 4.00. The van der Waals surface area contributed by atoms with Crippen LogP contribution in [0.25, 0.3) is 0 Å². The molecular formula is C9H17N3. The minimum absolute atomic E-state index is 0.573. The molecule has 1 aromatic rings. The topological polar surface area (TPSA) is 29.9 Å². The van der Waals surface area contributed by atoms with Gasteiger partial charge in [0, 0.05) is 25.0 Å². The summed E-state index contributed by atoms with van der Waals surface area (Å²) in [6.07, 6.45) is 6.84. The van der Waals surface area contributed by atoms with Gasteiger partial charge in [0.2, 0.25) is 0 Å². The maximum absolute atomic E-state index is 4.00. The van der Waals surface area contributed by atoms with Crippen LogP contribution in [0, 0.1) is 0 Å². The van der Waals surface area contributed by atoms with Crippen LogP contribution in [0.2, 0.25) is 0 Å². The van der Waals surface area contributed by atoms with Crippen molar-refractivity contribution in [2.75, 3.05) is 6.54 Å². The first-order valence-electron chi connectivity index (χ1n) is 4.56. The fourth-order valence-electron chi connectivity index (χ4n) is 1.28. The van der Waals surface area contributed by atoms with Crippen LogP contribution in [-0.4, -0.2) is 22.1 Å². The van der Waals surface area contributed by atoms with Gasteiger partial charge in [-0.05, 0) is 13.0 Å². The highest BCUT2D eigenvalue weighted by Crippen LogP contribution is 1.96. The minimum Gasteiger partial charge on any atom is -0.336 e. The van der Waals surface area contributed by atoms with Gasteiger partial charge in [0.15, 0.2) is 0 Å². The average Bonchev–Trinajstić information content (AvgIpc) is 2.56. The largest absolute Gasteiger partial charge is 0.336 e. The van der Waals surface area contributed by atoms with Crippen LogP contribution in [0.15, 0.2) is 18.7 Å². The van der Waals surface area contributed by atoms with E-state index < -0.39 is 0 Å². The molecule has 0 aliphatic rings. The quantitative estimate of drug-likeness (QED) is 0.715. The van der Waals surface area contributed by atoms with Gasteiger partial charge >= 0.3 is 0 Å². The predicted octanol–water partition coefficient (Wildman–Crippen LogP) is 1.27. The molecule has 0 spiro atoms. The summed E-state index contributed by atoms with van der Waals surface area (Å²) < 4.78 is 2.11. The fourth-order valence-corrected chi connectivity index (χ4v) is 1.28. The summed E-state index contributed by atoms with van der Waals surface area (Å²) in [5.74, 6) is 0. The highest BCUT2D eigenvalue weighted by molar-refractivity contribution is 4.77. The summed E-state index contributed by atoms with van der Waals surface area (Å²) in [5, 5.41) is 3.42. The van der Waals surface area contributed by atoms with Crippen molar-refractivity contribution >= 4 is 0 Å². The van der Waals surface area contributed by atoms with E-state index in [4.69, 9.17) is 0 Å². The summed E-state index contributed by atoms with van der Waals surface area (Å²) >= 11 is 0. The molecule has 1 aromatic heterocycles. The van der Waals surface area contributed by atoms with Crippen molar-refractivity contribution in [2.24, 2.45) is 0 Å². The minimum atomic E-state index is 0.573. The van der Waals surface area contributed by atoms with Gasteiger partial charge in [-0.1, -0.05) is 13.8 Å². The molecule has 0 fully saturated rings. The first kappa shape index (κ1) is 9.26. The van der Waals surface area contributed by atoms with E-state index in [1.807, 2.05) is 18.7 Å². The Morgan fingerprint density at radius 1 is 1.50 bits per heavy atom. The second-order valence-corrected chi connectivity index (χ2v) is 2.92. The highest BCUT2D eigenvalue weighted by atomic mass is 15.1. The molecule has 12 heavy (non-hydrogen) atoms. The van der Waals surface area contributed by atoms with Crippen LogP contribution in [0.3, 0.4) is 0 Å². The Balaban J connectivity index is 2.37. The number of nitrogens with one attached hydrogen (secondary N) is 1. The van der Waals surface area contributed by atoms with Crippen LogP contribution < -0.4 is 5.32 Å². The van der Waals surface area contributed by atoms with Gasteiger partial charge in [0.1, 0.15) is 0 Å². The zero-order valence-electron chi connectivity index (χ0n) is 7.83. The number of likely N-dealkylation sites (N-methyl/N-ethyl adjacent to an activating group) is 1. The van der Waals surface area contributed by atoms with E-state index in [-0.39, 0.29) is 0 Å². The molecule has 0 aromatic carbocycles. The smallest absolute Gasteiger partial charge is 0.0946 e. The van der Waals surface area contributed by atoms with E-state index in [9.17, 15) is 0 Å². The fraction of sp³-hybridized carbons (Fsp3) is 0.667. The molecule has 1 unspecified atom stereocenters. The van der Waals surface area contributed by atoms with E-state index in [0.717, 1.165) is 19.5 Å². The van der Waals surface area contributed by atoms with Gasteiger partial charge in [-0.15, -0.1) is 0 Å². The number of imidazole rings is 1. The standard InChI is InChI=1S/C9H17N3/c1-3-9(11-4-2)7-12-6-5-10-8-12/h5-6,8-9,11H,3-4,7H2,1-2H3. The Morgan fingerprint density at radius 2 is 2.33 bits per heavy atom. The lowest BCUT2D eigenvalue weighted by Crippen LogP contribution is -2.32. The van der Waals surface area contributed by atoms with Gasteiger partial charge in [-0.25, -0.2) is 4.98 Å². The zero-order valence-corrected chi connectivity index (χ0v) is 7.83. The Kier molecular flexibility index (Phi) is 3.80. The number of rotatable bonds is 5. The number of aromatic nitrogens is 2. The van der Waals surface area contributed by atoms with Crippen molar-refractivity contribution in [3.8, 4) is 0 Å². The summed E-state index contributed by atoms with van der Waals surface area (Å²) in [7, 11) is 0. The molecular weight excluding hydrogens is 150 g/mol. The maximum atomic E-state index is 4.00. The summed E-state index contributed by atoms with van der Waals surface area (Å²) in [5.41, 5.74) is 0. The molecule has 0 saturated heterocycles. The van der Waals surface area contributed by atoms with Crippen LogP contribution in [0.5, 0.6) is 0 Å². The highest BCUT2D eigenvalue weighted by Gasteiger charge is 2.03. The van der Waals surface area contributed by atoms with Crippen LogP contribution in [0.4, 0.5) is 0 Å². The van der Waals surface area contributed by atoms with E-state index >= 15 is 0 Å². The molecule has 0 aliphatic heterocycles. The zero-order chi connectivity index (χ0) is 8.81. The van der Waals surface area contributed by atoms with Crippen molar-refractivity contribution in [1.29, 1.82) is 0 Å². The molecule has 3 heteroatoms. The molecule has 0 saturated carbocycles. The number of nitrogens with zero attached hydrogens (tertiary/aromatic N) is 2. The van der Waals surface area contributed by atoms with Crippen molar-refractivity contribution in [3.63, 3.8) is 0 Å². The van der Waals surface area contributed by atoms with E-state index in [1.54, 1.807) is 0 Å². The molecule has 0 amide bonds. The average molecular weight is 167 g/mol. The van der Waals surface area contributed by atoms with Gasteiger partial charge in [-0.3, -0.25) is 0 Å². The normalized spacial score (nSPS) is 13.2. The van der Waals surface area contributed by atoms with Gasteiger partial charge in [0.05, 0.1) is 6.33 Å². The Morgan fingerprint density at radius 3 is 2.83 bits per heavy atom. The van der Waals surface area contributed by atoms with Crippen LogP contribution in [0.1, 0.15) is 20.3 Å². The van der Waals surface area contributed by atoms with E-state index in [1.165, 1.54) is 0 Å². The van der Waals surface area contributed by atoms with Crippen molar-refractivity contribution < 1.29 is 0 Å². The molecule has 3 nitrogen and oxygen atoms in total. The van der Waals surface area contributed by atoms with Gasteiger partial charge in [0.25, 0.3) is 0 Å². The molecule has 0 radical (unpaired) electrons. The maximum Gasteiger partial charge on any atom is 0.0946 e. The number of hydrogen-bond donors (Lipinski definition) is 1. The van der Waals surface area contributed by atoms with E-state index in [0.29, 0.717) is 6.04 Å². The molecule has 1 N–H and O–H groups in total. The monoisotopic (exact) mass is 167 g/mol. The molecule has 0 bridgehead atoms. The Labute approximate surface area is 73.8 Å². The molecule has 68 valence electrons. The van der Waals surface area contributed by atoms with Crippen molar-refractivity contribution in [2.45, 2.75) is 32.9 Å². The van der Waals surface area contributed by atoms with Crippen molar-refractivity contribution in [3.05, 3.63) is 18.7 Å². The first-order chi connectivity index (χ1) is 5.86. The van der Waals surface area contributed by atoms with E-state index in [2.05, 4.69) is 28.7 Å². The van der Waals surface area contributed by atoms with Crippen LogP contribution >= 0.6 is 0 Å². The second-order valence-electron chi connectivity index (χ2n) is 2.92. The predicted molar refractivity (Wildman–Crippen MR) is 50.0 cm³/mol. The van der Waals surface area contributed by atoms with Crippen molar-refractivity contribution in [1.82, 2.24) is 14.9 Å². The lowest BCUT2D eigenvalue weighted by atomic mass is 10.2. The lowest BCUT2D eigenvalue weighted by molar-refractivity contribution is 0.446. The third-order valence-electron chi connectivity index (χ3n) is 1.98. The molecule has 1 heterocycles. The number of hydrogen-bond acceptors (Lipinski definition) is 2. The third kappa shape index (κ3) is 2.66. The second kappa shape index (κ2) is 4.93. The van der Waals surface area contributed by atoms with Gasteiger partial charge < -0.3 is 9.88 Å². The molecule has 1 atom stereocenters. The van der Waals surface area contributed by atoms with Crippen LogP contribution in [-0.2, 0) is 6.54 Å². The summed E-state index contributed by atoms with van der Waals surface area (Å²) in [6.45, 7) is 6.39. The SMILES string of the molecule is CCNC(CC)Cn1ccnc1. The third-order valence-corrected chi connectivity index (χ3v) is 1.98. The Hall–Kier alpha value is -0.830. The summed E-state index contributed by atoms with van der Waals surface area (Å²) in [6, 6.07) is 0.573. The lowest BCUT2D eigenvalue weighted by Gasteiger charge is -2.15. The molecule has 1 rings (SSSR count). The first-order valence-corrected chi connectivity index (χ1v) is 4.56.